The van der Waals surface area contributed by atoms with Crippen LogP contribution in [0.25, 0.3) is 0 Å². The lowest BCUT2D eigenvalue weighted by Crippen LogP contribution is -2.45. The van der Waals surface area contributed by atoms with Crippen LogP contribution in [0.4, 0.5) is 0 Å². The van der Waals surface area contributed by atoms with Crippen LogP contribution in [0.5, 0.6) is 0 Å². The summed E-state index contributed by atoms with van der Waals surface area (Å²) in [6.45, 7) is 6.47. The molecule has 2 atom stereocenters. The fraction of sp³-hybridized carbons (Fsp3) is 0.909. The Bertz CT molecular complexity index is 221. The molecule has 1 rings (SSSR count). The Morgan fingerprint density at radius 1 is 1.67 bits per heavy atom. The van der Waals surface area contributed by atoms with E-state index in [2.05, 4.69) is 30.7 Å². The summed E-state index contributed by atoms with van der Waals surface area (Å²) in [7, 11) is 2.09. The van der Waals surface area contributed by atoms with E-state index in [-0.39, 0.29) is 6.54 Å². The van der Waals surface area contributed by atoms with Gasteiger partial charge in [-0.05, 0) is 33.4 Å². The van der Waals surface area contributed by atoms with E-state index >= 15 is 0 Å². The second-order valence-electron chi connectivity index (χ2n) is 4.53. The number of rotatable bonds is 5. The lowest BCUT2D eigenvalue weighted by atomic mass is 10.1. The summed E-state index contributed by atoms with van der Waals surface area (Å²) in [5.74, 6) is -0.718. The fourth-order valence-corrected chi connectivity index (χ4v) is 2.22. The standard InChI is InChI=1S/C11H22N2O2/c1-4-9(2)13(8-11(14)15)10-5-6-12(3)7-10/h9-10H,4-8H2,1-3H3,(H,14,15). The van der Waals surface area contributed by atoms with E-state index in [9.17, 15) is 4.79 Å². The molecule has 0 saturated carbocycles. The van der Waals surface area contributed by atoms with E-state index in [1.165, 1.54) is 0 Å². The van der Waals surface area contributed by atoms with Crippen LogP contribution in [0.2, 0.25) is 0 Å². The van der Waals surface area contributed by atoms with Crippen LogP contribution in [-0.2, 0) is 4.79 Å². The summed E-state index contributed by atoms with van der Waals surface area (Å²) in [6.07, 6.45) is 2.10. The summed E-state index contributed by atoms with van der Waals surface area (Å²) in [4.78, 5) is 15.2. The minimum absolute atomic E-state index is 0.174. The first-order chi connectivity index (χ1) is 7.04. The van der Waals surface area contributed by atoms with Crippen molar-refractivity contribution in [2.24, 2.45) is 0 Å². The molecule has 0 aromatic carbocycles. The third kappa shape index (κ3) is 3.47. The molecule has 1 heterocycles. The van der Waals surface area contributed by atoms with E-state index < -0.39 is 5.97 Å². The summed E-state index contributed by atoms with van der Waals surface area (Å²) in [5.41, 5.74) is 0. The SMILES string of the molecule is CCC(C)N(CC(=O)O)C1CCN(C)C1. The van der Waals surface area contributed by atoms with Crippen molar-refractivity contribution in [1.82, 2.24) is 9.80 Å². The average Bonchev–Trinajstić information content (AvgIpc) is 2.59. The zero-order valence-corrected chi connectivity index (χ0v) is 9.94. The molecule has 1 aliphatic heterocycles. The van der Waals surface area contributed by atoms with Crippen molar-refractivity contribution in [1.29, 1.82) is 0 Å². The van der Waals surface area contributed by atoms with E-state index in [1.54, 1.807) is 0 Å². The van der Waals surface area contributed by atoms with Crippen molar-refractivity contribution in [3.63, 3.8) is 0 Å². The van der Waals surface area contributed by atoms with Gasteiger partial charge in [0.25, 0.3) is 0 Å². The highest BCUT2D eigenvalue weighted by atomic mass is 16.4. The van der Waals surface area contributed by atoms with Gasteiger partial charge in [-0.2, -0.15) is 0 Å². The molecule has 0 aromatic rings. The van der Waals surface area contributed by atoms with Crippen molar-refractivity contribution in [2.75, 3.05) is 26.7 Å². The maximum Gasteiger partial charge on any atom is 0.317 e. The first-order valence-corrected chi connectivity index (χ1v) is 5.70. The Labute approximate surface area is 91.9 Å². The van der Waals surface area contributed by atoms with Crippen molar-refractivity contribution in [3.8, 4) is 0 Å². The van der Waals surface area contributed by atoms with Crippen LogP contribution in [0, 0.1) is 0 Å². The van der Waals surface area contributed by atoms with E-state index in [0.29, 0.717) is 12.1 Å². The molecule has 2 unspecified atom stereocenters. The molecule has 1 saturated heterocycles. The molecule has 4 heteroatoms. The molecular formula is C11H22N2O2. The first-order valence-electron chi connectivity index (χ1n) is 5.70. The highest BCUT2D eigenvalue weighted by Crippen LogP contribution is 2.17. The molecule has 0 spiro atoms. The normalized spacial score (nSPS) is 24.7. The van der Waals surface area contributed by atoms with Gasteiger partial charge in [0.2, 0.25) is 0 Å². The van der Waals surface area contributed by atoms with Gasteiger partial charge in [0.15, 0.2) is 0 Å². The van der Waals surface area contributed by atoms with Gasteiger partial charge in [-0.3, -0.25) is 9.69 Å². The number of carboxylic acid groups (broad SMARTS) is 1. The molecule has 1 N–H and O–H groups in total. The van der Waals surface area contributed by atoms with E-state index in [4.69, 9.17) is 5.11 Å². The number of carboxylic acids is 1. The van der Waals surface area contributed by atoms with Crippen molar-refractivity contribution < 1.29 is 9.90 Å². The van der Waals surface area contributed by atoms with Crippen LogP contribution in [0.1, 0.15) is 26.7 Å². The summed E-state index contributed by atoms with van der Waals surface area (Å²) >= 11 is 0. The quantitative estimate of drug-likeness (QED) is 0.737. The molecule has 0 aliphatic carbocycles. The third-order valence-electron chi connectivity index (χ3n) is 3.31. The van der Waals surface area contributed by atoms with Gasteiger partial charge in [0, 0.05) is 18.6 Å². The maximum absolute atomic E-state index is 10.8. The topological polar surface area (TPSA) is 43.8 Å². The molecule has 0 aromatic heterocycles. The number of carbonyl (C=O) groups is 1. The molecule has 1 fully saturated rings. The van der Waals surface area contributed by atoms with Gasteiger partial charge >= 0.3 is 5.97 Å². The molecule has 0 bridgehead atoms. The monoisotopic (exact) mass is 214 g/mol. The van der Waals surface area contributed by atoms with E-state index in [1.807, 2.05) is 0 Å². The zero-order chi connectivity index (χ0) is 11.4. The van der Waals surface area contributed by atoms with Gasteiger partial charge < -0.3 is 10.0 Å². The Hall–Kier alpha value is -0.610. The average molecular weight is 214 g/mol. The number of likely N-dealkylation sites (N-methyl/N-ethyl adjacent to an activating group) is 1. The Kier molecular flexibility index (Phi) is 4.54. The lowest BCUT2D eigenvalue weighted by Gasteiger charge is -2.32. The Morgan fingerprint density at radius 3 is 2.73 bits per heavy atom. The molecule has 0 radical (unpaired) electrons. The van der Waals surface area contributed by atoms with Crippen LogP contribution >= 0.6 is 0 Å². The minimum atomic E-state index is -0.718. The number of likely N-dealkylation sites (tertiary alicyclic amines) is 1. The third-order valence-corrected chi connectivity index (χ3v) is 3.31. The number of aliphatic carboxylic acids is 1. The highest BCUT2D eigenvalue weighted by Gasteiger charge is 2.29. The first kappa shape index (κ1) is 12.5. The summed E-state index contributed by atoms with van der Waals surface area (Å²) < 4.78 is 0. The van der Waals surface area contributed by atoms with Crippen LogP contribution in [-0.4, -0.2) is 59.6 Å². The van der Waals surface area contributed by atoms with Crippen molar-refractivity contribution in [2.45, 2.75) is 38.8 Å². The predicted molar refractivity (Wildman–Crippen MR) is 60.0 cm³/mol. The molecule has 88 valence electrons. The minimum Gasteiger partial charge on any atom is -0.480 e. The lowest BCUT2D eigenvalue weighted by molar-refractivity contribution is -0.139. The second-order valence-corrected chi connectivity index (χ2v) is 4.53. The van der Waals surface area contributed by atoms with Gasteiger partial charge in [-0.1, -0.05) is 6.92 Å². The Balaban J connectivity index is 2.59. The molecular weight excluding hydrogens is 192 g/mol. The van der Waals surface area contributed by atoms with Gasteiger partial charge in [-0.15, -0.1) is 0 Å². The number of nitrogens with zero attached hydrogens (tertiary/aromatic N) is 2. The van der Waals surface area contributed by atoms with Gasteiger partial charge in [0.05, 0.1) is 6.54 Å². The smallest absolute Gasteiger partial charge is 0.317 e. The second kappa shape index (κ2) is 5.47. The number of hydrogen-bond donors (Lipinski definition) is 1. The van der Waals surface area contributed by atoms with Crippen LogP contribution in [0.15, 0.2) is 0 Å². The predicted octanol–water partition coefficient (Wildman–Crippen LogP) is 0.876. The van der Waals surface area contributed by atoms with Gasteiger partial charge in [-0.25, -0.2) is 0 Å². The highest BCUT2D eigenvalue weighted by molar-refractivity contribution is 5.69. The zero-order valence-electron chi connectivity index (χ0n) is 9.94. The summed E-state index contributed by atoms with van der Waals surface area (Å²) in [5, 5.41) is 8.90. The summed E-state index contributed by atoms with van der Waals surface area (Å²) in [6, 6.07) is 0.777. The largest absolute Gasteiger partial charge is 0.480 e. The molecule has 1 aliphatic rings. The van der Waals surface area contributed by atoms with Gasteiger partial charge in [0.1, 0.15) is 0 Å². The van der Waals surface area contributed by atoms with E-state index in [0.717, 1.165) is 25.9 Å². The molecule has 15 heavy (non-hydrogen) atoms. The van der Waals surface area contributed by atoms with Crippen LogP contribution < -0.4 is 0 Å². The molecule has 0 amide bonds. The van der Waals surface area contributed by atoms with Crippen molar-refractivity contribution in [3.05, 3.63) is 0 Å². The maximum atomic E-state index is 10.8. The van der Waals surface area contributed by atoms with Crippen LogP contribution in [0.3, 0.4) is 0 Å². The Morgan fingerprint density at radius 2 is 2.33 bits per heavy atom. The van der Waals surface area contributed by atoms with Crippen molar-refractivity contribution >= 4 is 5.97 Å². The molecule has 4 nitrogen and oxygen atoms in total. The fourth-order valence-electron chi connectivity index (χ4n) is 2.22. The number of hydrogen-bond acceptors (Lipinski definition) is 3.